The standard InChI is InChI=1S/C36H31BrClN3O8S/c1-5-46-28-14-23(11-12-27(28)48-19-30(42)45-4)32-31(35(44)47-6-2)20(3)40-36-41(32)34(43)29(50-36)15-24-13-25(38)16-26(37)33(24)49-18-22-9-7-21(17-39)8-10-22/h7-16,32H,5-6,18-19H2,1-4H3/b29-15+/t32-/m1/s1. The van der Waals surface area contributed by atoms with E-state index in [4.69, 9.17) is 35.8 Å². The summed E-state index contributed by atoms with van der Waals surface area (Å²) in [5.74, 6) is -0.141. The van der Waals surface area contributed by atoms with E-state index in [-0.39, 0.29) is 37.8 Å². The van der Waals surface area contributed by atoms with E-state index >= 15 is 0 Å². The van der Waals surface area contributed by atoms with Crippen LogP contribution in [0.15, 0.2) is 80.1 Å². The Morgan fingerprint density at radius 3 is 2.50 bits per heavy atom. The Morgan fingerprint density at radius 1 is 1.06 bits per heavy atom. The molecule has 4 aromatic rings. The molecule has 258 valence electrons. The Bertz CT molecular complexity index is 2210. The number of nitriles is 1. The molecule has 1 aliphatic rings. The van der Waals surface area contributed by atoms with E-state index in [1.807, 2.05) is 0 Å². The molecule has 0 saturated carbocycles. The highest BCUT2D eigenvalue weighted by Crippen LogP contribution is 2.37. The molecule has 0 saturated heterocycles. The van der Waals surface area contributed by atoms with E-state index in [2.05, 4.69) is 31.7 Å². The first-order valence-electron chi connectivity index (χ1n) is 15.3. The Kier molecular flexibility index (Phi) is 11.8. The molecule has 1 aromatic heterocycles. The molecule has 0 spiro atoms. The Balaban J connectivity index is 1.63. The molecule has 0 amide bonds. The van der Waals surface area contributed by atoms with Crippen molar-refractivity contribution in [2.45, 2.75) is 33.4 Å². The van der Waals surface area contributed by atoms with Gasteiger partial charge in [-0.05, 0) is 90.3 Å². The van der Waals surface area contributed by atoms with Crippen molar-refractivity contribution in [3.8, 4) is 23.3 Å². The third-order valence-corrected chi connectivity index (χ3v) is 9.25. The molecule has 5 rings (SSSR count). The van der Waals surface area contributed by atoms with Gasteiger partial charge in [0.2, 0.25) is 0 Å². The van der Waals surface area contributed by atoms with Crippen molar-refractivity contribution in [2.24, 2.45) is 4.99 Å². The number of hydrogen-bond donors (Lipinski definition) is 0. The zero-order valence-corrected chi connectivity index (χ0v) is 30.6. The van der Waals surface area contributed by atoms with Gasteiger partial charge in [-0.15, -0.1) is 0 Å². The van der Waals surface area contributed by atoms with Crippen molar-refractivity contribution in [3.05, 3.63) is 117 Å². The molecule has 11 nitrogen and oxygen atoms in total. The minimum Gasteiger partial charge on any atom is -0.490 e. The van der Waals surface area contributed by atoms with E-state index in [9.17, 15) is 14.4 Å². The molecule has 1 atom stereocenters. The summed E-state index contributed by atoms with van der Waals surface area (Å²) in [5, 5.41) is 9.54. The molecular formula is C36H31BrClN3O8S. The van der Waals surface area contributed by atoms with Gasteiger partial charge in [0.05, 0.1) is 58.3 Å². The summed E-state index contributed by atoms with van der Waals surface area (Å²) in [5.41, 5.74) is 2.61. The van der Waals surface area contributed by atoms with Crippen molar-refractivity contribution >= 4 is 56.9 Å². The molecule has 2 heterocycles. The lowest BCUT2D eigenvalue weighted by Crippen LogP contribution is -2.40. The number of rotatable bonds is 12. The summed E-state index contributed by atoms with van der Waals surface area (Å²) >= 11 is 11.1. The van der Waals surface area contributed by atoms with Crippen LogP contribution in [0.3, 0.4) is 0 Å². The van der Waals surface area contributed by atoms with Gasteiger partial charge in [-0.1, -0.05) is 41.1 Å². The summed E-state index contributed by atoms with van der Waals surface area (Å²) in [4.78, 5) is 44.5. The normalized spacial score (nSPS) is 13.9. The van der Waals surface area contributed by atoms with Crippen LogP contribution in [0.25, 0.3) is 6.08 Å². The first-order valence-corrected chi connectivity index (χ1v) is 17.3. The Labute approximate surface area is 304 Å². The summed E-state index contributed by atoms with van der Waals surface area (Å²) < 4.78 is 30.1. The molecule has 0 radical (unpaired) electrons. The molecular weight excluding hydrogens is 750 g/mol. The third-order valence-electron chi connectivity index (χ3n) is 7.46. The maximum atomic E-state index is 14.3. The van der Waals surface area contributed by atoms with E-state index < -0.39 is 23.5 Å². The zero-order valence-electron chi connectivity index (χ0n) is 27.5. The predicted molar refractivity (Wildman–Crippen MR) is 190 cm³/mol. The lowest BCUT2D eigenvalue weighted by atomic mass is 9.95. The fraction of sp³-hybridized carbons (Fsp3) is 0.250. The van der Waals surface area contributed by atoms with Gasteiger partial charge in [0.25, 0.3) is 5.56 Å². The van der Waals surface area contributed by atoms with Gasteiger partial charge in [0.1, 0.15) is 12.4 Å². The van der Waals surface area contributed by atoms with E-state index in [0.717, 1.165) is 16.9 Å². The number of carbonyl (C=O) groups excluding carboxylic acids is 2. The molecule has 50 heavy (non-hydrogen) atoms. The van der Waals surface area contributed by atoms with Crippen LogP contribution >= 0.6 is 38.9 Å². The van der Waals surface area contributed by atoms with Gasteiger partial charge in [0, 0.05) is 10.6 Å². The van der Waals surface area contributed by atoms with Crippen LogP contribution in [0.4, 0.5) is 0 Å². The highest BCUT2D eigenvalue weighted by Gasteiger charge is 2.34. The highest BCUT2D eigenvalue weighted by atomic mass is 79.9. The van der Waals surface area contributed by atoms with E-state index in [0.29, 0.717) is 52.7 Å². The summed E-state index contributed by atoms with van der Waals surface area (Å²) in [6, 6.07) is 16.5. The maximum Gasteiger partial charge on any atom is 0.343 e. The summed E-state index contributed by atoms with van der Waals surface area (Å²) in [7, 11) is 1.26. The molecule has 0 unspecified atom stereocenters. The lowest BCUT2D eigenvalue weighted by molar-refractivity contribution is -0.143. The number of carbonyl (C=O) groups is 2. The van der Waals surface area contributed by atoms with Crippen LogP contribution in [0.2, 0.25) is 5.02 Å². The molecule has 0 aliphatic carbocycles. The van der Waals surface area contributed by atoms with E-state index in [1.165, 1.54) is 11.7 Å². The quantitative estimate of drug-likeness (QED) is 0.168. The van der Waals surface area contributed by atoms with Gasteiger partial charge in [-0.3, -0.25) is 9.36 Å². The topological polar surface area (TPSA) is 138 Å². The van der Waals surface area contributed by atoms with Gasteiger partial charge >= 0.3 is 11.9 Å². The average molecular weight is 781 g/mol. The zero-order chi connectivity index (χ0) is 35.9. The smallest absolute Gasteiger partial charge is 0.343 e. The first-order chi connectivity index (χ1) is 24.1. The molecule has 3 aromatic carbocycles. The van der Waals surface area contributed by atoms with Crippen molar-refractivity contribution in [1.82, 2.24) is 4.57 Å². The second-order valence-corrected chi connectivity index (χ2v) is 13.0. The van der Waals surface area contributed by atoms with Gasteiger partial charge in [-0.2, -0.15) is 5.26 Å². The molecule has 0 bridgehead atoms. The number of benzene rings is 3. The second-order valence-electron chi connectivity index (χ2n) is 10.7. The lowest BCUT2D eigenvalue weighted by Gasteiger charge is -2.25. The number of hydrogen-bond acceptors (Lipinski definition) is 11. The minimum atomic E-state index is -0.931. The van der Waals surface area contributed by atoms with Crippen molar-refractivity contribution in [3.63, 3.8) is 0 Å². The second kappa shape index (κ2) is 16.2. The largest absolute Gasteiger partial charge is 0.490 e. The average Bonchev–Trinajstić information content (AvgIpc) is 3.40. The highest BCUT2D eigenvalue weighted by molar-refractivity contribution is 9.10. The number of thiazole rings is 1. The van der Waals surface area contributed by atoms with Crippen LogP contribution in [-0.2, 0) is 25.7 Å². The van der Waals surface area contributed by atoms with Crippen molar-refractivity contribution in [2.75, 3.05) is 26.9 Å². The first kappa shape index (κ1) is 36.4. The fourth-order valence-electron chi connectivity index (χ4n) is 5.20. The number of halogens is 2. The Hall–Kier alpha value is -4.90. The SMILES string of the molecule is CCOC(=O)C1=C(C)N=c2s/c(=C/c3cc(Cl)cc(Br)c3OCc3ccc(C#N)cc3)c(=O)n2[C@@H]1c1ccc(OCC(=O)OC)c(OCC)c1. The number of esters is 2. The number of allylic oxidation sites excluding steroid dienone is 1. The third kappa shape index (κ3) is 7.94. The number of methoxy groups -OCH3 is 1. The number of nitrogens with zero attached hydrogens (tertiary/aromatic N) is 3. The van der Waals surface area contributed by atoms with Crippen LogP contribution < -0.4 is 29.1 Å². The number of ether oxygens (including phenoxy) is 5. The van der Waals surface area contributed by atoms with Crippen LogP contribution in [0.5, 0.6) is 17.2 Å². The number of aromatic nitrogens is 1. The van der Waals surface area contributed by atoms with E-state index in [1.54, 1.807) is 81.4 Å². The van der Waals surface area contributed by atoms with Gasteiger partial charge < -0.3 is 23.7 Å². The maximum absolute atomic E-state index is 14.3. The van der Waals surface area contributed by atoms with Gasteiger partial charge in [0.15, 0.2) is 22.9 Å². The fourth-order valence-corrected chi connectivity index (χ4v) is 7.18. The van der Waals surface area contributed by atoms with Gasteiger partial charge in [-0.25, -0.2) is 14.6 Å². The number of fused-ring (bicyclic) bond motifs is 1. The molecule has 0 N–H and O–H groups in total. The predicted octanol–water partition coefficient (Wildman–Crippen LogP) is 5.62. The van der Waals surface area contributed by atoms with Crippen molar-refractivity contribution < 1.29 is 33.3 Å². The van der Waals surface area contributed by atoms with Crippen molar-refractivity contribution in [1.29, 1.82) is 5.26 Å². The van der Waals surface area contributed by atoms with Crippen LogP contribution in [-0.4, -0.2) is 43.4 Å². The minimum absolute atomic E-state index is 0.117. The Morgan fingerprint density at radius 2 is 1.82 bits per heavy atom. The molecule has 1 aliphatic heterocycles. The molecule has 0 fully saturated rings. The molecule has 14 heteroatoms. The van der Waals surface area contributed by atoms with Crippen LogP contribution in [0.1, 0.15) is 49.1 Å². The summed E-state index contributed by atoms with van der Waals surface area (Å²) in [6.45, 7) is 5.44. The monoisotopic (exact) mass is 779 g/mol. The summed E-state index contributed by atoms with van der Waals surface area (Å²) in [6.07, 6.45) is 1.67. The van der Waals surface area contributed by atoms with Crippen LogP contribution in [0, 0.1) is 11.3 Å².